The lowest BCUT2D eigenvalue weighted by atomic mass is 10.0. The molecule has 1 aliphatic rings. The van der Waals surface area contributed by atoms with Crippen LogP contribution in [0.4, 0.5) is 0 Å². The molecule has 1 aromatic carbocycles. The maximum atomic E-state index is 12.8. The molecule has 0 radical (unpaired) electrons. The molecule has 144 valence electrons. The van der Waals surface area contributed by atoms with Crippen molar-refractivity contribution < 1.29 is 18.8 Å². The van der Waals surface area contributed by atoms with Crippen molar-refractivity contribution in [3.8, 4) is 11.3 Å². The van der Waals surface area contributed by atoms with Crippen LogP contribution in [0.2, 0.25) is 5.02 Å². The number of carbonyl (C=O) groups is 2. The zero-order valence-corrected chi connectivity index (χ0v) is 16.0. The number of hydrogen-bond donors (Lipinski definition) is 1. The van der Waals surface area contributed by atoms with Crippen molar-refractivity contribution >= 4 is 23.4 Å². The van der Waals surface area contributed by atoms with Crippen LogP contribution in [0.25, 0.3) is 11.3 Å². The largest absolute Gasteiger partial charge is 0.378 e. The van der Waals surface area contributed by atoms with E-state index in [2.05, 4.69) is 10.5 Å². The molecule has 1 unspecified atom stereocenters. The number of hydrogen-bond acceptors (Lipinski definition) is 5. The minimum Gasteiger partial charge on any atom is -0.378 e. The number of benzene rings is 1. The molecule has 2 amide bonds. The minimum absolute atomic E-state index is 0.0702. The molecule has 3 rings (SSSR count). The third kappa shape index (κ3) is 4.48. The SMILES string of the molecule is CC(C)C(NC(=O)c1cc(-c2ccccc2Cl)on1)C(=O)N1CCOCC1. The van der Waals surface area contributed by atoms with E-state index >= 15 is 0 Å². The highest BCUT2D eigenvalue weighted by atomic mass is 35.5. The highest BCUT2D eigenvalue weighted by molar-refractivity contribution is 6.33. The number of nitrogens with one attached hydrogen (secondary N) is 1. The van der Waals surface area contributed by atoms with Crippen molar-refractivity contribution in [1.82, 2.24) is 15.4 Å². The summed E-state index contributed by atoms with van der Waals surface area (Å²) in [4.78, 5) is 27.1. The Morgan fingerprint density at radius 2 is 1.93 bits per heavy atom. The standard InChI is InChI=1S/C19H22ClN3O4/c1-12(2)17(19(25)23-7-9-26-10-8-23)21-18(24)15-11-16(27-22-15)13-5-3-4-6-14(13)20/h3-6,11-12,17H,7-10H2,1-2H3,(H,21,24). The summed E-state index contributed by atoms with van der Waals surface area (Å²) in [6.07, 6.45) is 0. The van der Waals surface area contributed by atoms with Crippen LogP contribution in [0.5, 0.6) is 0 Å². The van der Waals surface area contributed by atoms with Gasteiger partial charge in [-0.1, -0.05) is 42.7 Å². The molecule has 1 N–H and O–H groups in total. The first-order valence-electron chi connectivity index (χ1n) is 8.86. The van der Waals surface area contributed by atoms with E-state index in [1.807, 2.05) is 19.9 Å². The highest BCUT2D eigenvalue weighted by Crippen LogP contribution is 2.28. The Morgan fingerprint density at radius 3 is 2.59 bits per heavy atom. The Kier molecular flexibility index (Phi) is 6.13. The molecule has 0 bridgehead atoms. The average Bonchev–Trinajstić information content (AvgIpc) is 3.16. The van der Waals surface area contributed by atoms with E-state index in [1.54, 1.807) is 23.1 Å². The summed E-state index contributed by atoms with van der Waals surface area (Å²) in [5.74, 6) is -0.251. The van der Waals surface area contributed by atoms with E-state index in [0.29, 0.717) is 42.6 Å². The number of carbonyl (C=O) groups excluding carboxylic acids is 2. The van der Waals surface area contributed by atoms with Crippen LogP contribution in [-0.2, 0) is 9.53 Å². The first-order chi connectivity index (χ1) is 13.0. The van der Waals surface area contributed by atoms with Gasteiger partial charge in [0.2, 0.25) is 5.91 Å². The van der Waals surface area contributed by atoms with E-state index in [9.17, 15) is 9.59 Å². The lowest BCUT2D eigenvalue weighted by Gasteiger charge is -2.32. The maximum absolute atomic E-state index is 12.8. The normalized spacial score (nSPS) is 15.6. The van der Waals surface area contributed by atoms with E-state index < -0.39 is 11.9 Å². The summed E-state index contributed by atoms with van der Waals surface area (Å²) < 4.78 is 10.5. The molecule has 1 aliphatic heterocycles. The van der Waals surface area contributed by atoms with Gasteiger partial charge in [0.25, 0.3) is 5.91 Å². The zero-order chi connectivity index (χ0) is 19.4. The van der Waals surface area contributed by atoms with E-state index in [4.69, 9.17) is 20.9 Å². The summed E-state index contributed by atoms with van der Waals surface area (Å²) >= 11 is 6.15. The van der Waals surface area contributed by atoms with Crippen molar-refractivity contribution in [2.45, 2.75) is 19.9 Å². The number of ether oxygens (including phenoxy) is 1. The maximum Gasteiger partial charge on any atom is 0.274 e. The van der Waals surface area contributed by atoms with Crippen LogP contribution in [0.15, 0.2) is 34.9 Å². The fraction of sp³-hybridized carbons (Fsp3) is 0.421. The fourth-order valence-corrected chi connectivity index (χ4v) is 3.11. The number of rotatable bonds is 5. The molecule has 1 saturated heterocycles. The summed E-state index contributed by atoms with van der Waals surface area (Å²) in [6, 6.07) is 8.02. The predicted molar refractivity (Wildman–Crippen MR) is 100 cm³/mol. The molecule has 0 aliphatic carbocycles. The van der Waals surface area contributed by atoms with Gasteiger partial charge in [-0.3, -0.25) is 9.59 Å². The molecule has 27 heavy (non-hydrogen) atoms. The zero-order valence-electron chi connectivity index (χ0n) is 15.3. The second-order valence-electron chi connectivity index (χ2n) is 6.69. The van der Waals surface area contributed by atoms with Crippen molar-refractivity contribution in [2.75, 3.05) is 26.3 Å². The number of halogens is 1. The first-order valence-corrected chi connectivity index (χ1v) is 9.24. The van der Waals surface area contributed by atoms with Crippen LogP contribution in [-0.4, -0.2) is 54.2 Å². The van der Waals surface area contributed by atoms with Gasteiger partial charge in [-0.05, 0) is 18.1 Å². The molecular formula is C19H22ClN3O4. The van der Waals surface area contributed by atoms with E-state index in [1.165, 1.54) is 6.07 Å². The molecule has 0 saturated carbocycles. The third-order valence-electron chi connectivity index (χ3n) is 4.42. The Hall–Kier alpha value is -2.38. The summed E-state index contributed by atoms with van der Waals surface area (Å²) in [7, 11) is 0. The molecule has 1 atom stereocenters. The van der Waals surface area contributed by atoms with E-state index in [-0.39, 0.29) is 17.5 Å². The first kappa shape index (κ1) is 19.4. The molecule has 1 aromatic heterocycles. The van der Waals surface area contributed by atoms with Gasteiger partial charge in [0.05, 0.1) is 18.2 Å². The van der Waals surface area contributed by atoms with Crippen LogP contribution in [0.1, 0.15) is 24.3 Å². The lowest BCUT2D eigenvalue weighted by molar-refractivity contribution is -0.138. The molecule has 7 nitrogen and oxygen atoms in total. The fourth-order valence-electron chi connectivity index (χ4n) is 2.88. The Morgan fingerprint density at radius 1 is 1.22 bits per heavy atom. The van der Waals surface area contributed by atoms with Gasteiger partial charge in [0.15, 0.2) is 11.5 Å². The van der Waals surface area contributed by atoms with Crippen LogP contribution >= 0.6 is 11.6 Å². The second kappa shape index (κ2) is 8.54. The molecule has 2 heterocycles. The summed E-state index contributed by atoms with van der Waals surface area (Å²) in [5, 5.41) is 7.11. The Bertz CT molecular complexity index is 815. The van der Waals surface area contributed by atoms with Crippen molar-refractivity contribution in [3.63, 3.8) is 0 Å². The van der Waals surface area contributed by atoms with E-state index in [0.717, 1.165) is 0 Å². The van der Waals surface area contributed by atoms with Gasteiger partial charge in [-0.25, -0.2) is 0 Å². The quantitative estimate of drug-likeness (QED) is 0.846. The summed E-state index contributed by atoms with van der Waals surface area (Å²) in [5.41, 5.74) is 0.751. The second-order valence-corrected chi connectivity index (χ2v) is 7.10. The van der Waals surface area contributed by atoms with Crippen molar-refractivity contribution in [2.24, 2.45) is 5.92 Å². The van der Waals surface area contributed by atoms with Crippen molar-refractivity contribution in [3.05, 3.63) is 41.0 Å². The highest BCUT2D eigenvalue weighted by Gasteiger charge is 2.30. The minimum atomic E-state index is -0.643. The smallest absolute Gasteiger partial charge is 0.274 e. The lowest BCUT2D eigenvalue weighted by Crippen LogP contribution is -2.53. The van der Waals surface area contributed by atoms with Crippen molar-refractivity contribution in [1.29, 1.82) is 0 Å². The molecular weight excluding hydrogens is 370 g/mol. The van der Waals surface area contributed by atoms with Gasteiger partial charge in [0, 0.05) is 24.7 Å². The third-order valence-corrected chi connectivity index (χ3v) is 4.75. The van der Waals surface area contributed by atoms with Gasteiger partial charge < -0.3 is 19.5 Å². The van der Waals surface area contributed by atoms with Crippen LogP contribution in [0.3, 0.4) is 0 Å². The number of nitrogens with zero attached hydrogens (tertiary/aromatic N) is 2. The average molecular weight is 392 g/mol. The molecule has 0 spiro atoms. The molecule has 2 aromatic rings. The van der Waals surface area contributed by atoms with Gasteiger partial charge in [-0.15, -0.1) is 0 Å². The monoisotopic (exact) mass is 391 g/mol. The topological polar surface area (TPSA) is 84.7 Å². The number of morpholine rings is 1. The summed E-state index contributed by atoms with van der Waals surface area (Å²) in [6.45, 7) is 5.85. The Labute approximate surface area is 162 Å². The van der Waals surface area contributed by atoms with Gasteiger partial charge in [-0.2, -0.15) is 0 Å². The molecule has 8 heteroatoms. The Balaban J connectivity index is 1.73. The van der Waals surface area contributed by atoms with Gasteiger partial charge in [0.1, 0.15) is 6.04 Å². The number of aromatic nitrogens is 1. The van der Waals surface area contributed by atoms with Crippen LogP contribution < -0.4 is 5.32 Å². The van der Waals surface area contributed by atoms with Crippen LogP contribution in [0, 0.1) is 5.92 Å². The number of amides is 2. The van der Waals surface area contributed by atoms with Gasteiger partial charge >= 0.3 is 0 Å². The predicted octanol–water partition coefficient (Wildman–Crippen LogP) is 2.61. The molecule has 1 fully saturated rings.